The van der Waals surface area contributed by atoms with Gasteiger partial charge in [0.1, 0.15) is 0 Å². The van der Waals surface area contributed by atoms with Crippen LogP contribution in [0.25, 0.3) is 11.1 Å². The van der Waals surface area contributed by atoms with Crippen LogP contribution in [0.3, 0.4) is 0 Å². The zero-order valence-corrected chi connectivity index (χ0v) is 10.9. The molecule has 0 fully saturated rings. The summed E-state index contributed by atoms with van der Waals surface area (Å²) in [4.78, 5) is 0. The summed E-state index contributed by atoms with van der Waals surface area (Å²) in [5.41, 5.74) is 1.21. The van der Waals surface area contributed by atoms with Crippen LogP contribution in [0.4, 0.5) is 13.2 Å². The van der Waals surface area contributed by atoms with E-state index in [0.29, 0.717) is 17.1 Å². The van der Waals surface area contributed by atoms with Crippen molar-refractivity contribution in [2.24, 2.45) is 0 Å². The van der Waals surface area contributed by atoms with Crippen molar-refractivity contribution < 1.29 is 13.2 Å². The predicted molar refractivity (Wildman–Crippen MR) is 69.5 cm³/mol. The van der Waals surface area contributed by atoms with E-state index in [2.05, 4.69) is 5.32 Å². The summed E-state index contributed by atoms with van der Waals surface area (Å²) >= 11 is 5.99. The van der Waals surface area contributed by atoms with Gasteiger partial charge in [-0.2, -0.15) is 0 Å². The Bertz CT molecular complexity index is 614. The van der Waals surface area contributed by atoms with Gasteiger partial charge >= 0.3 is 0 Å². The largest absolute Gasteiger partial charge is 0.316 e. The van der Waals surface area contributed by atoms with E-state index >= 15 is 0 Å². The highest BCUT2D eigenvalue weighted by Crippen LogP contribution is 2.29. The van der Waals surface area contributed by atoms with Crippen molar-refractivity contribution >= 4 is 11.6 Å². The molecule has 19 heavy (non-hydrogen) atoms. The van der Waals surface area contributed by atoms with E-state index in [9.17, 15) is 13.2 Å². The molecule has 0 spiro atoms. The van der Waals surface area contributed by atoms with Crippen LogP contribution in [-0.4, -0.2) is 7.05 Å². The smallest absolute Gasteiger partial charge is 0.195 e. The van der Waals surface area contributed by atoms with Crippen molar-refractivity contribution in [1.29, 1.82) is 0 Å². The lowest BCUT2D eigenvalue weighted by molar-refractivity contribution is 0.449. The highest BCUT2D eigenvalue weighted by atomic mass is 35.5. The van der Waals surface area contributed by atoms with E-state index in [1.54, 1.807) is 25.2 Å². The highest BCUT2D eigenvalue weighted by molar-refractivity contribution is 6.31. The maximum atomic E-state index is 13.7. The second-order valence-electron chi connectivity index (χ2n) is 4.06. The first-order chi connectivity index (χ1) is 9.04. The summed E-state index contributed by atoms with van der Waals surface area (Å²) in [6.45, 7) is 0.498. The molecule has 0 saturated heterocycles. The molecule has 0 aliphatic heterocycles. The topological polar surface area (TPSA) is 12.0 Å². The minimum Gasteiger partial charge on any atom is -0.316 e. The minimum atomic E-state index is -1.47. The van der Waals surface area contributed by atoms with Crippen molar-refractivity contribution in [1.82, 2.24) is 5.32 Å². The molecule has 2 aromatic rings. The maximum Gasteiger partial charge on any atom is 0.195 e. The van der Waals surface area contributed by atoms with Crippen molar-refractivity contribution in [2.45, 2.75) is 6.54 Å². The first kappa shape index (κ1) is 13.9. The fourth-order valence-electron chi connectivity index (χ4n) is 1.82. The van der Waals surface area contributed by atoms with Gasteiger partial charge in [0.2, 0.25) is 0 Å². The number of rotatable bonds is 3. The fraction of sp³-hybridized carbons (Fsp3) is 0.143. The molecule has 0 atom stereocenters. The van der Waals surface area contributed by atoms with Crippen molar-refractivity contribution in [3.63, 3.8) is 0 Å². The Kier molecular flexibility index (Phi) is 4.12. The quantitative estimate of drug-likeness (QED) is 0.836. The lowest BCUT2D eigenvalue weighted by atomic mass is 10.0. The third-order valence-corrected chi connectivity index (χ3v) is 3.13. The van der Waals surface area contributed by atoms with Crippen LogP contribution in [0.2, 0.25) is 5.02 Å². The molecule has 0 saturated carbocycles. The molecular weight excluding hydrogens is 275 g/mol. The van der Waals surface area contributed by atoms with Gasteiger partial charge in [-0.25, -0.2) is 13.2 Å². The normalized spacial score (nSPS) is 10.8. The second kappa shape index (κ2) is 5.63. The van der Waals surface area contributed by atoms with Gasteiger partial charge < -0.3 is 5.32 Å². The molecule has 100 valence electrons. The van der Waals surface area contributed by atoms with Crippen molar-refractivity contribution in [3.8, 4) is 11.1 Å². The number of benzene rings is 2. The molecule has 0 unspecified atom stereocenters. The zero-order valence-electron chi connectivity index (χ0n) is 10.1. The summed E-state index contributed by atoms with van der Waals surface area (Å²) < 4.78 is 39.8. The van der Waals surface area contributed by atoms with Gasteiger partial charge in [-0.1, -0.05) is 17.7 Å². The summed E-state index contributed by atoms with van der Waals surface area (Å²) in [7, 11) is 1.75. The molecule has 0 heterocycles. The molecule has 0 radical (unpaired) electrons. The average Bonchev–Trinajstić information content (AvgIpc) is 2.39. The number of hydrogen-bond acceptors (Lipinski definition) is 1. The lowest BCUT2D eigenvalue weighted by Gasteiger charge is -2.09. The molecule has 2 aromatic carbocycles. The first-order valence-corrected chi connectivity index (χ1v) is 5.99. The third-order valence-electron chi connectivity index (χ3n) is 2.76. The highest BCUT2D eigenvalue weighted by Gasteiger charge is 2.15. The van der Waals surface area contributed by atoms with Gasteiger partial charge in [0.05, 0.1) is 0 Å². The minimum absolute atomic E-state index is 0.00733. The third kappa shape index (κ3) is 2.74. The van der Waals surface area contributed by atoms with E-state index in [1.165, 1.54) is 6.07 Å². The predicted octanol–water partition coefficient (Wildman–Crippen LogP) is 4.14. The van der Waals surface area contributed by atoms with Crippen molar-refractivity contribution in [2.75, 3.05) is 7.05 Å². The molecule has 1 N–H and O–H groups in total. The Morgan fingerprint density at radius 2 is 1.79 bits per heavy atom. The maximum absolute atomic E-state index is 13.7. The molecule has 0 bridgehead atoms. The molecule has 0 aromatic heterocycles. The van der Waals surface area contributed by atoms with Gasteiger partial charge in [-0.05, 0) is 42.4 Å². The summed E-state index contributed by atoms with van der Waals surface area (Å²) in [6, 6.07) is 6.93. The van der Waals surface area contributed by atoms with E-state index in [-0.39, 0.29) is 5.56 Å². The van der Waals surface area contributed by atoms with Crippen LogP contribution in [0.15, 0.2) is 30.3 Å². The Morgan fingerprint density at radius 1 is 1.05 bits per heavy atom. The molecule has 0 amide bonds. The average molecular weight is 286 g/mol. The Morgan fingerprint density at radius 3 is 2.47 bits per heavy atom. The van der Waals surface area contributed by atoms with Crippen LogP contribution >= 0.6 is 11.6 Å². The van der Waals surface area contributed by atoms with Crippen LogP contribution in [0.5, 0.6) is 0 Å². The molecule has 0 aliphatic carbocycles. The van der Waals surface area contributed by atoms with Crippen LogP contribution < -0.4 is 5.32 Å². The van der Waals surface area contributed by atoms with Crippen LogP contribution in [-0.2, 0) is 6.54 Å². The molecular formula is C14H11ClF3N. The van der Waals surface area contributed by atoms with Crippen LogP contribution in [0, 0.1) is 17.5 Å². The number of nitrogens with one attached hydrogen (secondary N) is 1. The van der Waals surface area contributed by atoms with E-state index in [0.717, 1.165) is 11.6 Å². The van der Waals surface area contributed by atoms with Crippen molar-refractivity contribution in [3.05, 3.63) is 58.4 Å². The molecule has 1 nitrogen and oxygen atoms in total. The molecule has 5 heteroatoms. The fourth-order valence-corrected chi connectivity index (χ4v) is 2.00. The Labute approximate surface area is 114 Å². The summed E-state index contributed by atoms with van der Waals surface area (Å²) in [6.07, 6.45) is 0. The van der Waals surface area contributed by atoms with Crippen LogP contribution in [0.1, 0.15) is 5.56 Å². The summed E-state index contributed by atoms with van der Waals surface area (Å²) in [5.74, 6) is -3.87. The van der Waals surface area contributed by atoms with E-state index in [4.69, 9.17) is 11.6 Å². The first-order valence-electron chi connectivity index (χ1n) is 5.61. The second-order valence-corrected chi connectivity index (χ2v) is 4.47. The van der Waals surface area contributed by atoms with Gasteiger partial charge in [0.25, 0.3) is 0 Å². The standard InChI is InChI=1S/C14H11ClF3N/c1-19-7-9-6-8(2-4-11(9)15)10-3-5-12(16)14(18)13(10)17/h2-6,19H,7H2,1H3. The van der Waals surface area contributed by atoms with Gasteiger partial charge in [-0.15, -0.1) is 0 Å². The van der Waals surface area contributed by atoms with E-state index < -0.39 is 17.5 Å². The SMILES string of the molecule is CNCc1cc(-c2ccc(F)c(F)c2F)ccc1Cl. The molecule has 2 rings (SSSR count). The van der Waals surface area contributed by atoms with Gasteiger partial charge in [0.15, 0.2) is 17.5 Å². The van der Waals surface area contributed by atoms with Gasteiger partial charge in [0, 0.05) is 17.1 Å². The van der Waals surface area contributed by atoms with E-state index in [1.807, 2.05) is 0 Å². The zero-order chi connectivity index (χ0) is 14.0. The number of halogens is 4. The Balaban J connectivity index is 2.53. The van der Waals surface area contributed by atoms with Gasteiger partial charge in [-0.3, -0.25) is 0 Å². The number of hydrogen-bond donors (Lipinski definition) is 1. The summed E-state index contributed by atoms with van der Waals surface area (Å²) in [5, 5.41) is 3.46. The Hall–Kier alpha value is -1.52. The molecule has 0 aliphatic rings. The lowest BCUT2D eigenvalue weighted by Crippen LogP contribution is -2.05. The monoisotopic (exact) mass is 285 g/mol.